The number of nitrogens with zero attached hydrogens (tertiary/aromatic N) is 3. The quantitative estimate of drug-likeness (QED) is 0.355. The van der Waals surface area contributed by atoms with Gasteiger partial charge in [-0.1, -0.05) is 24.3 Å². The number of aryl methyl sites for hydroxylation is 2. The molecule has 4 heterocycles. The number of hydrogen-bond acceptors (Lipinski definition) is 4. The molecule has 0 bridgehead atoms. The standard InChI is InChI=1S/C28H27N5/c1-17-12-21(28(3,4)29)8-9-22(17)19-13-20(16-30-15-19)24-14-26(25-7-5-6-18(2)32-25)33-27-23(24)10-11-31-27/h5-16H,29H2,1-4H3,(H,31,33). The van der Waals surface area contributed by atoms with E-state index < -0.39 is 0 Å². The summed E-state index contributed by atoms with van der Waals surface area (Å²) in [5.74, 6) is 0. The molecule has 0 saturated heterocycles. The zero-order chi connectivity index (χ0) is 23.2. The molecule has 5 heteroatoms. The van der Waals surface area contributed by atoms with Crippen LogP contribution in [0.25, 0.3) is 44.7 Å². The van der Waals surface area contributed by atoms with Crippen LogP contribution in [0.2, 0.25) is 0 Å². The molecule has 0 radical (unpaired) electrons. The van der Waals surface area contributed by atoms with Gasteiger partial charge in [0.15, 0.2) is 0 Å². The van der Waals surface area contributed by atoms with Gasteiger partial charge in [0.25, 0.3) is 0 Å². The molecule has 164 valence electrons. The molecule has 5 rings (SSSR count). The van der Waals surface area contributed by atoms with Gasteiger partial charge >= 0.3 is 0 Å². The van der Waals surface area contributed by atoms with Crippen LogP contribution in [0, 0.1) is 13.8 Å². The topological polar surface area (TPSA) is 80.5 Å². The van der Waals surface area contributed by atoms with Gasteiger partial charge in [0.1, 0.15) is 5.65 Å². The summed E-state index contributed by atoms with van der Waals surface area (Å²) < 4.78 is 0. The molecule has 0 spiro atoms. The molecule has 0 unspecified atom stereocenters. The number of hydrogen-bond donors (Lipinski definition) is 2. The summed E-state index contributed by atoms with van der Waals surface area (Å²) in [7, 11) is 0. The first-order valence-corrected chi connectivity index (χ1v) is 11.1. The highest BCUT2D eigenvalue weighted by molar-refractivity contribution is 5.95. The van der Waals surface area contributed by atoms with Crippen LogP contribution in [0.5, 0.6) is 0 Å². The molecule has 0 aliphatic carbocycles. The molecular weight excluding hydrogens is 406 g/mol. The van der Waals surface area contributed by atoms with E-state index in [1.165, 1.54) is 5.56 Å². The number of nitrogens with one attached hydrogen (secondary N) is 1. The number of pyridine rings is 3. The summed E-state index contributed by atoms with van der Waals surface area (Å²) in [6, 6.07) is 18.8. The summed E-state index contributed by atoms with van der Waals surface area (Å²) in [6.45, 7) is 8.16. The van der Waals surface area contributed by atoms with Gasteiger partial charge < -0.3 is 10.7 Å². The van der Waals surface area contributed by atoms with E-state index in [-0.39, 0.29) is 5.54 Å². The molecule has 33 heavy (non-hydrogen) atoms. The lowest BCUT2D eigenvalue weighted by molar-refractivity contribution is 0.554. The average Bonchev–Trinajstić information content (AvgIpc) is 3.26. The van der Waals surface area contributed by atoms with Gasteiger partial charge in [0, 0.05) is 46.3 Å². The molecule has 1 aromatic carbocycles. The second-order valence-corrected chi connectivity index (χ2v) is 9.17. The molecule has 0 fully saturated rings. The Morgan fingerprint density at radius 3 is 2.33 bits per heavy atom. The van der Waals surface area contributed by atoms with Crippen molar-refractivity contribution in [1.82, 2.24) is 19.9 Å². The van der Waals surface area contributed by atoms with Crippen molar-refractivity contribution >= 4 is 11.0 Å². The van der Waals surface area contributed by atoms with Crippen molar-refractivity contribution in [1.29, 1.82) is 0 Å². The second-order valence-electron chi connectivity index (χ2n) is 9.17. The molecule has 0 saturated carbocycles. The van der Waals surface area contributed by atoms with Crippen LogP contribution in [0.4, 0.5) is 0 Å². The first-order valence-electron chi connectivity index (χ1n) is 11.1. The summed E-state index contributed by atoms with van der Waals surface area (Å²) in [5, 5.41) is 1.06. The minimum Gasteiger partial charge on any atom is -0.346 e. The molecule has 4 aromatic heterocycles. The molecule has 0 aliphatic rings. The van der Waals surface area contributed by atoms with Gasteiger partial charge in [0.2, 0.25) is 0 Å². The Morgan fingerprint density at radius 2 is 1.61 bits per heavy atom. The van der Waals surface area contributed by atoms with Gasteiger partial charge in [-0.15, -0.1) is 0 Å². The van der Waals surface area contributed by atoms with E-state index in [2.05, 4.69) is 58.3 Å². The number of aromatic nitrogens is 4. The minimum atomic E-state index is -0.374. The lowest BCUT2D eigenvalue weighted by Crippen LogP contribution is -2.28. The summed E-state index contributed by atoms with van der Waals surface area (Å²) in [4.78, 5) is 17.3. The van der Waals surface area contributed by atoms with Crippen LogP contribution >= 0.6 is 0 Å². The van der Waals surface area contributed by atoms with Gasteiger partial charge in [0.05, 0.1) is 11.4 Å². The molecule has 0 amide bonds. The van der Waals surface area contributed by atoms with Crippen molar-refractivity contribution in [2.24, 2.45) is 5.73 Å². The Hall–Kier alpha value is -3.83. The van der Waals surface area contributed by atoms with E-state index in [0.717, 1.165) is 55.9 Å². The Kier molecular flexibility index (Phi) is 5.06. The highest BCUT2D eigenvalue weighted by atomic mass is 14.9. The van der Waals surface area contributed by atoms with E-state index in [9.17, 15) is 0 Å². The maximum absolute atomic E-state index is 6.30. The third-order valence-electron chi connectivity index (χ3n) is 6.01. The van der Waals surface area contributed by atoms with Crippen LogP contribution in [0.3, 0.4) is 0 Å². The van der Waals surface area contributed by atoms with Gasteiger partial charge in [-0.05, 0) is 80.3 Å². The number of rotatable bonds is 4. The van der Waals surface area contributed by atoms with Gasteiger partial charge in [-0.3, -0.25) is 9.97 Å². The van der Waals surface area contributed by atoms with E-state index in [1.54, 1.807) is 0 Å². The van der Waals surface area contributed by atoms with Crippen LogP contribution in [0.15, 0.2) is 73.2 Å². The number of fused-ring (bicyclic) bond motifs is 1. The number of H-pyrrole nitrogens is 1. The summed E-state index contributed by atoms with van der Waals surface area (Å²) >= 11 is 0. The Labute approximate surface area is 193 Å². The van der Waals surface area contributed by atoms with Gasteiger partial charge in [-0.25, -0.2) is 4.98 Å². The molecular formula is C28H27N5. The average molecular weight is 434 g/mol. The molecule has 5 nitrogen and oxygen atoms in total. The lowest BCUT2D eigenvalue weighted by Gasteiger charge is -2.21. The van der Waals surface area contributed by atoms with E-state index >= 15 is 0 Å². The van der Waals surface area contributed by atoms with Crippen molar-refractivity contribution in [3.63, 3.8) is 0 Å². The van der Waals surface area contributed by atoms with E-state index in [1.807, 2.05) is 57.6 Å². The van der Waals surface area contributed by atoms with Crippen LogP contribution in [0.1, 0.15) is 30.7 Å². The largest absolute Gasteiger partial charge is 0.346 e. The molecule has 3 N–H and O–H groups in total. The van der Waals surface area contributed by atoms with Crippen LogP contribution in [-0.2, 0) is 5.54 Å². The molecule has 0 aliphatic heterocycles. The van der Waals surface area contributed by atoms with Gasteiger partial charge in [-0.2, -0.15) is 0 Å². The molecule has 0 atom stereocenters. The fourth-order valence-electron chi connectivity index (χ4n) is 4.22. The predicted octanol–water partition coefficient (Wildman–Crippen LogP) is 6.16. The third kappa shape index (κ3) is 4.03. The lowest BCUT2D eigenvalue weighted by atomic mass is 9.90. The fraction of sp³-hybridized carbons (Fsp3) is 0.179. The SMILES string of the molecule is Cc1cccc(-c2cc(-c3cncc(-c4ccc(C(C)(C)N)cc4C)c3)c3cc[nH]c3n2)n1. The summed E-state index contributed by atoms with van der Waals surface area (Å²) in [6.07, 6.45) is 5.74. The van der Waals surface area contributed by atoms with Crippen LogP contribution in [-0.4, -0.2) is 19.9 Å². The number of nitrogens with two attached hydrogens (primary N) is 1. The first-order chi connectivity index (χ1) is 15.8. The van der Waals surface area contributed by atoms with Crippen molar-refractivity contribution in [3.05, 3.63) is 90.0 Å². The van der Waals surface area contributed by atoms with E-state index in [0.29, 0.717) is 0 Å². The second kappa shape index (κ2) is 7.94. The molecule has 5 aromatic rings. The van der Waals surface area contributed by atoms with E-state index in [4.69, 9.17) is 10.7 Å². The third-order valence-corrected chi connectivity index (χ3v) is 6.01. The summed E-state index contributed by atoms with van der Waals surface area (Å²) in [5.41, 5.74) is 16.0. The Bertz CT molecular complexity index is 1470. The first kappa shape index (κ1) is 21.0. The zero-order valence-electron chi connectivity index (χ0n) is 19.3. The van der Waals surface area contributed by atoms with Crippen LogP contribution < -0.4 is 5.73 Å². The highest BCUT2D eigenvalue weighted by Crippen LogP contribution is 2.34. The van der Waals surface area contributed by atoms with Crippen molar-refractivity contribution in [2.45, 2.75) is 33.2 Å². The van der Waals surface area contributed by atoms with Crippen molar-refractivity contribution in [2.75, 3.05) is 0 Å². The Morgan fingerprint density at radius 1 is 0.818 bits per heavy atom. The number of aromatic amines is 1. The fourth-order valence-corrected chi connectivity index (χ4v) is 4.22. The maximum Gasteiger partial charge on any atom is 0.138 e. The highest BCUT2D eigenvalue weighted by Gasteiger charge is 2.16. The zero-order valence-corrected chi connectivity index (χ0v) is 19.3. The van der Waals surface area contributed by atoms with Crippen molar-refractivity contribution in [3.8, 4) is 33.6 Å². The normalized spacial score (nSPS) is 11.8. The Balaban J connectivity index is 1.64. The number of benzene rings is 1. The predicted molar refractivity (Wildman–Crippen MR) is 135 cm³/mol. The van der Waals surface area contributed by atoms with Crippen molar-refractivity contribution < 1.29 is 0 Å². The maximum atomic E-state index is 6.30. The minimum absolute atomic E-state index is 0.374. The monoisotopic (exact) mass is 433 g/mol. The smallest absolute Gasteiger partial charge is 0.138 e.